The third kappa shape index (κ3) is 3.92. The number of aromatic nitrogens is 4. The van der Waals surface area contributed by atoms with E-state index in [4.69, 9.17) is 40.5 Å². The van der Waals surface area contributed by atoms with Crippen molar-refractivity contribution in [3.63, 3.8) is 0 Å². The third-order valence-electron chi connectivity index (χ3n) is 6.03. The Balaban J connectivity index is 1.72. The molecule has 32 heavy (non-hydrogen) atoms. The van der Waals surface area contributed by atoms with Crippen molar-refractivity contribution in [1.29, 1.82) is 0 Å². The molecule has 1 saturated carbocycles. The fraction of sp³-hybridized carbons (Fsp3) is 0.167. The van der Waals surface area contributed by atoms with Gasteiger partial charge in [-0.05, 0) is 40.4 Å². The summed E-state index contributed by atoms with van der Waals surface area (Å²) in [4.78, 5) is 17.2. The molecule has 1 fully saturated rings. The minimum absolute atomic E-state index is 0.000108. The Morgan fingerprint density at radius 3 is 1.50 bits per heavy atom. The van der Waals surface area contributed by atoms with Gasteiger partial charge in [-0.2, -0.15) is 0 Å². The Morgan fingerprint density at radius 1 is 0.562 bits per heavy atom. The largest absolute Gasteiger partial charge is 0.384 e. The van der Waals surface area contributed by atoms with Gasteiger partial charge in [-0.3, -0.25) is 0 Å². The smallest absolute Gasteiger partial charge is 0.224 e. The maximum absolute atomic E-state index is 6.27. The van der Waals surface area contributed by atoms with Crippen molar-refractivity contribution < 1.29 is 0 Å². The average molecular weight is 483 g/mol. The highest BCUT2D eigenvalue weighted by atomic mass is 35.5. The molecular formula is C24H18Cl3N5. The van der Waals surface area contributed by atoms with Crippen LogP contribution in [0.25, 0.3) is 0 Å². The van der Waals surface area contributed by atoms with E-state index in [2.05, 4.69) is 44.2 Å². The Kier molecular flexibility index (Phi) is 5.72. The number of nitrogen functional groups attached to an aromatic ring is 1. The molecule has 4 aromatic rings. The average Bonchev–Trinajstić information content (AvgIpc) is 2.73. The van der Waals surface area contributed by atoms with E-state index in [1.54, 1.807) is 12.1 Å². The van der Waals surface area contributed by atoms with Gasteiger partial charge in [0, 0.05) is 29.7 Å². The van der Waals surface area contributed by atoms with Gasteiger partial charge < -0.3 is 5.73 Å². The van der Waals surface area contributed by atoms with E-state index in [0.29, 0.717) is 11.0 Å². The highest BCUT2D eigenvalue weighted by molar-refractivity contribution is 6.31. The lowest BCUT2D eigenvalue weighted by molar-refractivity contribution is 0.220. The summed E-state index contributed by atoms with van der Waals surface area (Å²) in [6.45, 7) is 0. The molecule has 0 saturated heterocycles. The Labute approximate surface area is 200 Å². The fourth-order valence-corrected chi connectivity index (χ4v) is 5.48. The van der Waals surface area contributed by atoms with Crippen LogP contribution in [-0.4, -0.2) is 19.9 Å². The van der Waals surface area contributed by atoms with E-state index in [9.17, 15) is 0 Å². The number of benzene rings is 2. The van der Waals surface area contributed by atoms with E-state index < -0.39 is 0 Å². The summed E-state index contributed by atoms with van der Waals surface area (Å²) >= 11 is 18.7. The van der Waals surface area contributed by atoms with Crippen LogP contribution in [0.2, 0.25) is 15.7 Å². The molecule has 2 aromatic heterocycles. The van der Waals surface area contributed by atoms with E-state index in [1.807, 2.05) is 36.4 Å². The first-order valence-corrected chi connectivity index (χ1v) is 11.2. The zero-order valence-electron chi connectivity index (χ0n) is 16.7. The van der Waals surface area contributed by atoms with Gasteiger partial charge in [0.05, 0.1) is 11.4 Å². The first kappa shape index (κ1) is 21.1. The molecule has 160 valence electrons. The standard InChI is InChI=1S/C24H18Cl3N5/c25-17-11-15(29-23(26)31-17)21-19(13-7-3-1-4-8-13)22(16-12-18(28)32-24(27)30-16)20(21)14-9-5-2-6-10-14/h1-12,19-22H,(H2,28,30,32)/t19-,20-,21?,22?/m1/s1. The van der Waals surface area contributed by atoms with Crippen molar-refractivity contribution in [3.05, 3.63) is 111 Å². The van der Waals surface area contributed by atoms with Crippen LogP contribution in [-0.2, 0) is 0 Å². The molecule has 5 rings (SSSR count). The van der Waals surface area contributed by atoms with Crippen molar-refractivity contribution in [3.8, 4) is 0 Å². The zero-order chi connectivity index (χ0) is 22.2. The van der Waals surface area contributed by atoms with Crippen molar-refractivity contribution in [1.82, 2.24) is 19.9 Å². The van der Waals surface area contributed by atoms with Crippen LogP contribution in [0.15, 0.2) is 72.8 Å². The summed E-state index contributed by atoms with van der Waals surface area (Å²) in [6.07, 6.45) is 0. The van der Waals surface area contributed by atoms with E-state index in [0.717, 1.165) is 22.5 Å². The van der Waals surface area contributed by atoms with Gasteiger partial charge in [-0.25, -0.2) is 19.9 Å². The third-order valence-corrected chi connectivity index (χ3v) is 6.56. The number of anilines is 1. The minimum atomic E-state index is -0.00207. The number of hydrogen-bond acceptors (Lipinski definition) is 5. The molecule has 2 aromatic carbocycles. The molecule has 0 radical (unpaired) electrons. The lowest BCUT2D eigenvalue weighted by Crippen LogP contribution is -2.41. The highest BCUT2D eigenvalue weighted by Gasteiger charge is 2.54. The molecule has 1 aliphatic carbocycles. The second-order valence-electron chi connectivity index (χ2n) is 7.80. The van der Waals surface area contributed by atoms with Crippen LogP contribution in [0.5, 0.6) is 0 Å². The molecule has 1 aliphatic rings. The maximum atomic E-state index is 6.27. The lowest BCUT2D eigenvalue weighted by atomic mass is 9.50. The number of nitrogens with two attached hydrogens (primary N) is 1. The quantitative estimate of drug-likeness (QED) is 0.274. The molecule has 2 atom stereocenters. The van der Waals surface area contributed by atoms with Crippen molar-refractivity contribution in [2.24, 2.45) is 0 Å². The van der Waals surface area contributed by atoms with Gasteiger partial charge in [0.25, 0.3) is 0 Å². The monoisotopic (exact) mass is 481 g/mol. The number of nitrogens with zero attached hydrogens (tertiary/aromatic N) is 4. The molecule has 0 unspecified atom stereocenters. The van der Waals surface area contributed by atoms with Gasteiger partial charge in [0.1, 0.15) is 11.0 Å². The SMILES string of the molecule is Nc1cc(C2[C@H](c3ccccc3)C(c3cc(Cl)nc(Cl)n3)[C@H]2c2ccccc2)nc(Cl)n1. The molecule has 0 amide bonds. The predicted molar refractivity (Wildman–Crippen MR) is 127 cm³/mol. The van der Waals surface area contributed by atoms with Crippen LogP contribution in [0.3, 0.4) is 0 Å². The molecule has 2 N–H and O–H groups in total. The Bertz CT molecular complexity index is 1110. The molecule has 0 spiro atoms. The first-order chi connectivity index (χ1) is 15.5. The summed E-state index contributed by atoms with van der Waals surface area (Å²) in [7, 11) is 0. The molecule has 0 bridgehead atoms. The number of rotatable bonds is 4. The maximum Gasteiger partial charge on any atom is 0.224 e. The van der Waals surface area contributed by atoms with Crippen LogP contribution >= 0.6 is 34.8 Å². The van der Waals surface area contributed by atoms with E-state index in [-0.39, 0.29) is 34.2 Å². The Morgan fingerprint density at radius 2 is 1.03 bits per heavy atom. The first-order valence-electron chi connectivity index (χ1n) is 10.1. The lowest BCUT2D eigenvalue weighted by Gasteiger charge is -2.52. The number of hydrogen-bond donors (Lipinski definition) is 1. The summed E-state index contributed by atoms with van der Waals surface area (Å²) in [6, 6.07) is 24.2. The summed E-state index contributed by atoms with van der Waals surface area (Å²) in [5.41, 5.74) is 9.95. The second-order valence-corrected chi connectivity index (χ2v) is 8.86. The van der Waals surface area contributed by atoms with Gasteiger partial charge >= 0.3 is 0 Å². The summed E-state index contributed by atoms with van der Waals surface area (Å²) in [5, 5.41) is 0.579. The van der Waals surface area contributed by atoms with Crippen LogP contribution < -0.4 is 5.73 Å². The molecular weight excluding hydrogens is 465 g/mol. The van der Waals surface area contributed by atoms with Crippen LogP contribution in [0.4, 0.5) is 5.82 Å². The summed E-state index contributed by atoms with van der Waals surface area (Å²) < 4.78 is 0. The van der Waals surface area contributed by atoms with Crippen molar-refractivity contribution in [2.75, 3.05) is 5.73 Å². The van der Waals surface area contributed by atoms with Gasteiger partial charge in [0.2, 0.25) is 10.6 Å². The van der Waals surface area contributed by atoms with Crippen LogP contribution in [0, 0.1) is 0 Å². The fourth-order valence-electron chi connectivity index (χ4n) is 4.87. The van der Waals surface area contributed by atoms with Crippen molar-refractivity contribution >= 4 is 40.6 Å². The molecule has 8 heteroatoms. The molecule has 2 heterocycles. The minimum Gasteiger partial charge on any atom is -0.384 e. The second kappa shape index (κ2) is 8.66. The van der Waals surface area contributed by atoms with E-state index >= 15 is 0 Å². The topological polar surface area (TPSA) is 77.6 Å². The number of halogens is 3. The van der Waals surface area contributed by atoms with Crippen LogP contribution in [0.1, 0.15) is 46.2 Å². The highest BCUT2D eigenvalue weighted by Crippen LogP contribution is 2.66. The normalized spacial score (nSPS) is 22.3. The molecule has 5 nitrogen and oxygen atoms in total. The summed E-state index contributed by atoms with van der Waals surface area (Å²) in [5.74, 6) is 0.440. The van der Waals surface area contributed by atoms with Gasteiger partial charge in [-0.15, -0.1) is 0 Å². The predicted octanol–water partition coefficient (Wildman–Crippen LogP) is 6.26. The Hall–Kier alpha value is -2.73. The van der Waals surface area contributed by atoms with E-state index in [1.165, 1.54) is 0 Å². The molecule has 0 aliphatic heterocycles. The van der Waals surface area contributed by atoms with Gasteiger partial charge in [0.15, 0.2) is 0 Å². The zero-order valence-corrected chi connectivity index (χ0v) is 19.0. The van der Waals surface area contributed by atoms with Gasteiger partial charge in [-0.1, -0.05) is 72.3 Å². The van der Waals surface area contributed by atoms with Crippen molar-refractivity contribution in [2.45, 2.75) is 23.7 Å².